The fourth-order valence-corrected chi connectivity index (χ4v) is 3.28. The minimum absolute atomic E-state index is 0.181. The second-order valence-corrected chi connectivity index (χ2v) is 6.05. The van der Waals surface area contributed by atoms with Crippen molar-refractivity contribution in [3.8, 4) is 5.75 Å². The number of nitrogens with one attached hydrogen (secondary N) is 2. The first-order chi connectivity index (χ1) is 9.67. The molecule has 8 nitrogen and oxygen atoms in total. The number of ether oxygens (including phenoxy) is 1. The zero-order valence-corrected chi connectivity index (χ0v) is 11.4. The Balaban J connectivity index is 1.74. The van der Waals surface area contributed by atoms with E-state index in [1.165, 1.54) is 0 Å². The Morgan fingerprint density at radius 1 is 1.40 bits per heavy atom. The van der Waals surface area contributed by atoms with Crippen LogP contribution >= 0.6 is 0 Å². The summed E-state index contributed by atoms with van der Waals surface area (Å²) in [4.78, 5) is 0.181. The Bertz CT molecular complexity index is 699. The molecule has 0 aliphatic carbocycles. The number of benzene rings is 1. The van der Waals surface area contributed by atoms with Crippen molar-refractivity contribution in [3.63, 3.8) is 0 Å². The van der Waals surface area contributed by atoms with E-state index < -0.39 is 10.0 Å². The highest BCUT2D eigenvalue weighted by Crippen LogP contribution is 2.32. The quantitative estimate of drug-likeness (QED) is 0.780. The number of tetrazole rings is 1. The molecule has 1 aromatic heterocycles. The molecule has 0 saturated carbocycles. The van der Waals surface area contributed by atoms with Crippen molar-refractivity contribution < 1.29 is 13.2 Å². The average Bonchev–Trinajstić information content (AvgIpc) is 3.08. The maximum atomic E-state index is 12.3. The molecule has 0 amide bonds. The third kappa shape index (κ3) is 2.49. The van der Waals surface area contributed by atoms with Gasteiger partial charge in [-0.1, -0.05) is 17.3 Å². The van der Waals surface area contributed by atoms with E-state index in [4.69, 9.17) is 4.74 Å². The van der Waals surface area contributed by atoms with Crippen molar-refractivity contribution in [3.05, 3.63) is 29.6 Å². The summed E-state index contributed by atoms with van der Waals surface area (Å²) < 4.78 is 32.5. The van der Waals surface area contributed by atoms with Crippen LogP contribution in [0.1, 0.15) is 11.4 Å². The van der Waals surface area contributed by atoms with Gasteiger partial charge in [0.15, 0.2) is 5.82 Å². The van der Waals surface area contributed by atoms with Crippen LogP contribution in [0.5, 0.6) is 5.75 Å². The summed E-state index contributed by atoms with van der Waals surface area (Å²) in [5.74, 6) is 0.918. The summed E-state index contributed by atoms with van der Waals surface area (Å²) in [5, 5.41) is 13.2. The maximum Gasteiger partial charge on any atom is 0.244 e. The topological polar surface area (TPSA) is 110 Å². The number of rotatable bonds is 5. The van der Waals surface area contributed by atoms with E-state index in [-0.39, 0.29) is 11.4 Å². The van der Waals surface area contributed by atoms with Crippen molar-refractivity contribution in [1.82, 2.24) is 25.3 Å². The lowest BCUT2D eigenvalue weighted by Gasteiger charge is -2.09. The highest BCUT2D eigenvalue weighted by Gasteiger charge is 2.24. The average molecular weight is 295 g/mol. The second-order valence-electron chi connectivity index (χ2n) is 4.32. The van der Waals surface area contributed by atoms with Crippen molar-refractivity contribution in [1.29, 1.82) is 0 Å². The number of fused-ring (bicyclic) bond motifs is 1. The normalized spacial score (nSPS) is 14.0. The zero-order chi connectivity index (χ0) is 14.0. The molecule has 1 aromatic carbocycles. The number of aromatic nitrogens is 4. The summed E-state index contributed by atoms with van der Waals surface area (Å²) in [6, 6.07) is 5.14. The van der Waals surface area contributed by atoms with Gasteiger partial charge in [0.1, 0.15) is 10.6 Å². The lowest BCUT2D eigenvalue weighted by atomic mass is 10.2. The van der Waals surface area contributed by atoms with Crippen LogP contribution < -0.4 is 9.46 Å². The standard InChI is InChI=1S/C11H13N5O3S/c17-20(18,12-6-4-10-13-15-16-14-10)9-3-1-2-8-5-7-19-11(8)9/h1-3,12H,4-7H2,(H,13,14,15,16). The van der Waals surface area contributed by atoms with Crippen molar-refractivity contribution in [2.75, 3.05) is 13.2 Å². The summed E-state index contributed by atoms with van der Waals surface area (Å²) in [7, 11) is -3.60. The predicted molar refractivity (Wildman–Crippen MR) is 68.7 cm³/mol. The fourth-order valence-electron chi connectivity index (χ4n) is 2.06. The molecule has 2 heterocycles. The fraction of sp³-hybridized carbons (Fsp3) is 0.364. The molecule has 0 fully saturated rings. The summed E-state index contributed by atoms with van der Waals surface area (Å²) in [5.41, 5.74) is 0.922. The Kier molecular flexibility index (Phi) is 3.36. The lowest BCUT2D eigenvalue weighted by Crippen LogP contribution is -2.26. The molecule has 0 radical (unpaired) electrons. The molecule has 3 rings (SSSR count). The Hall–Kier alpha value is -2.00. The van der Waals surface area contributed by atoms with Crippen LogP contribution in [0.25, 0.3) is 0 Å². The minimum atomic E-state index is -3.60. The van der Waals surface area contributed by atoms with E-state index in [0.717, 1.165) is 12.0 Å². The molecule has 0 spiro atoms. The molecule has 1 aliphatic rings. The van der Waals surface area contributed by atoms with Crippen LogP contribution in [-0.4, -0.2) is 42.2 Å². The summed E-state index contributed by atoms with van der Waals surface area (Å²) in [6.07, 6.45) is 1.10. The molecule has 0 unspecified atom stereocenters. The van der Waals surface area contributed by atoms with Gasteiger partial charge in [0.2, 0.25) is 10.0 Å². The van der Waals surface area contributed by atoms with Crippen LogP contribution in [0.15, 0.2) is 23.1 Å². The van der Waals surface area contributed by atoms with E-state index in [2.05, 4.69) is 25.3 Å². The first kappa shape index (κ1) is 13.0. The van der Waals surface area contributed by atoms with Gasteiger partial charge in [0, 0.05) is 19.4 Å². The van der Waals surface area contributed by atoms with Crippen LogP contribution in [-0.2, 0) is 22.9 Å². The third-order valence-corrected chi connectivity index (χ3v) is 4.48. The molecule has 9 heteroatoms. The molecular weight excluding hydrogens is 282 g/mol. The number of H-pyrrole nitrogens is 1. The highest BCUT2D eigenvalue weighted by molar-refractivity contribution is 7.89. The van der Waals surface area contributed by atoms with E-state index in [0.29, 0.717) is 24.6 Å². The number of hydrogen-bond acceptors (Lipinski definition) is 6. The van der Waals surface area contributed by atoms with Crippen molar-refractivity contribution >= 4 is 10.0 Å². The predicted octanol–water partition coefficient (Wildman–Crippen LogP) is -0.344. The van der Waals surface area contributed by atoms with Gasteiger partial charge in [-0.15, -0.1) is 10.2 Å². The van der Waals surface area contributed by atoms with Gasteiger partial charge < -0.3 is 4.74 Å². The van der Waals surface area contributed by atoms with Crippen LogP contribution in [0.3, 0.4) is 0 Å². The van der Waals surface area contributed by atoms with E-state index in [9.17, 15) is 8.42 Å². The van der Waals surface area contributed by atoms with Crippen LogP contribution in [0.4, 0.5) is 0 Å². The Morgan fingerprint density at radius 2 is 2.30 bits per heavy atom. The van der Waals surface area contributed by atoms with Crippen LogP contribution in [0, 0.1) is 0 Å². The van der Waals surface area contributed by atoms with Gasteiger partial charge in [-0.2, -0.15) is 5.21 Å². The molecule has 2 aromatic rings. The van der Waals surface area contributed by atoms with Gasteiger partial charge in [0.05, 0.1) is 6.61 Å². The molecule has 106 valence electrons. The highest BCUT2D eigenvalue weighted by atomic mass is 32.2. The molecule has 1 aliphatic heterocycles. The van der Waals surface area contributed by atoms with Gasteiger partial charge >= 0.3 is 0 Å². The number of sulfonamides is 1. The number of nitrogens with zero attached hydrogens (tertiary/aromatic N) is 3. The molecular formula is C11H13N5O3S. The SMILES string of the molecule is O=S(=O)(NCCc1nn[nH]n1)c1cccc2c1OCC2. The zero-order valence-electron chi connectivity index (χ0n) is 10.5. The van der Waals surface area contributed by atoms with Gasteiger partial charge in [0.25, 0.3) is 0 Å². The Labute approximate surface area is 115 Å². The van der Waals surface area contributed by atoms with Crippen molar-refractivity contribution in [2.24, 2.45) is 0 Å². The molecule has 0 saturated heterocycles. The van der Waals surface area contributed by atoms with Crippen LogP contribution in [0.2, 0.25) is 0 Å². The van der Waals surface area contributed by atoms with E-state index >= 15 is 0 Å². The third-order valence-electron chi connectivity index (χ3n) is 3.00. The smallest absolute Gasteiger partial charge is 0.244 e. The molecule has 20 heavy (non-hydrogen) atoms. The molecule has 0 atom stereocenters. The lowest BCUT2D eigenvalue weighted by molar-refractivity contribution is 0.348. The van der Waals surface area contributed by atoms with Gasteiger partial charge in [-0.05, 0) is 11.6 Å². The minimum Gasteiger partial charge on any atom is -0.492 e. The maximum absolute atomic E-state index is 12.3. The Morgan fingerprint density at radius 3 is 3.10 bits per heavy atom. The van der Waals surface area contributed by atoms with Crippen molar-refractivity contribution in [2.45, 2.75) is 17.7 Å². The largest absolute Gasteiger partial charge is 0.492 e. The second kappa shape index (κ2) is 5.17. The first-order valence-corrected chi connectivity index (χ1v) is 7.62. The number of aromatic amines is 1. The summed E-state index contributed by atoms with van der Waals surface area (Å²) >= 11 is 0. The van der Waals surface area contributed by atoms with E-state index in [1.807, 2.05) is 6.07 Å². The monoisotopic (exact) mass is 295 g/mol. The summed E-state index contributed by atoms with van der Waals surface area (Å²) in [6.45, 7) is 0.719. The number of hydrogen-bond donors (Lipinski definition) is 2. The van der Waals surface area contributed by atoms with Gasteiger partial charge in [-0.3, -0.25) is 0 Å². The molecule has 0 bridgehead atoms. The molecule has 2 N–H and O–H groups in total. The number of para-hydroxylation sites is 1. The van der Waals surface area contributed by atoms with E-state index in [1.54, 1.807) is 12.1 Å². The first-order valence-electron chi connectivity index (χ1n) is 6.13. The van der Waals surface area contributed by atoms with Gasteiger partial charge in [-0.25, -0.2) is 13.1 Å².